The number of hydrogen-bond donors (Lipinski definition) is 4. The molecule has 0 bridgehead atoms. The van der Waals surface area contributed by atoms with Gasteiger partial charge in [-0.2, -0.15) is 0 Å². The Kier molecular flexibility index (Phi) is 2.47. The molecule has 0 aromatic heterocycles. The van der Waals surface area contributed by atoms with Gasteiger partial charge in [-0.05, 0) is 12.3 Å². The molecule has 0 aliphatic heterocycles. The van der Waals surface area contributed by atoms with E-state index in [1.165, 1.54) is 6.92 Å². The van der Waals surface area contributed by atoms with Gasteiger partial charge in [0.2, 0.25) is 5.75 Å². The van der Waals surface area contributed by atoms with Crippen molar-refractivity contribution in [1.29, 1.82) is 0 Å². The maximum absolute atomic E-state index is 9.79. The third kappa shape index (κ3) is 1.67. The molecule has 1 aromatic rings. The van der Waals surface area contributed by atoms with Gasteiger partial charge in [0.05, 0.1) is 0 Å². The average molecular weight is 212 g/mol. The smallest absolute Gasteiger partial charge is 0.201 e. The Morgan fingerprint density at radius 1 is 0.733 bits per heavy atom. The first kappa shape index (κ1) is 11.5. The van der Waals surface area contributed by atoms with E-state index >= 15 is 0 Å². The van der Waals surface area contributed by atoms with Crippen LogP contribution in [0.1, 0.15) is 31.9 Å². The first-order valence-corrected chi connectivity index (χ1v) is 4.64. The fourth-order valence-electron chi connectivity index (χ4n) is 1.53. The second-order valence-corrected chi connectivity index (χ2v) is 4.64. The van der Waals surface area contributed by atoms with E-state index in [4.69, 9.17) is 0 Å². The summed E-state index contributed by atoms with van der Waals surface area (Å²) in [6, 6.07) is 0. The molecule has 0 unspecified atom stereocenters. The highest BCUT2D eigenvalue weighted by Crippen LogP contribution is 2.50. The summed E-state index contributed by atoms with van der Waals surface area (Å²) in [4.78, 5) is 0. The number of rotatable bonds is 0. The van der Waals surface area contributed by atoms with Crippen molar-refractivity contribution in [2.75, 3.05) is 0 Å². The molecule has 0 atom stereocenters. The van der Waals surface area contributed by atoms with Gasteiger partial charge in [-0.15, -0.1) is 0 Å². The summed E-state index contributed by atoms with van der Waals surface area (Å²) < 4.78 is 0. The highest BCUT2D eigenvalue weighted by atomic mass is 16.3. The Balaban J connectivity index is 3.68. The van der Waals surface area contributed by atoms with Crippen LogP contribution in [0.4, 0.5) is 0 Å². The lowest BCUT2D eigenvalue weighted by Gasteiger charge is -2.23. The molecule has 4 nitrogen and oxygen atoms in total. The third-order valence-electron chi connectivity index (χ3n) is 2.38. The van der Waals surface area contributed by atoms with Crippen molar-refractivity contribution in [2.45, 2.75) is 33.1 Å². The second-order valence-electron chi connectivity index (χ2n) is 4.64. The van der Waals surface area contributed by atoms with Crippen LogP contribution in [0, 0.1) is 6.92 Å². The van der Waals surface area contributed by atoms with Crippen LogP contribution in [0.15, 0.2) is 0 Å². The first-order chi connectivity index (χ1) is 6.68. The molecular weight excluding hydrogens is 196 g/mol. The van der Waals surface area contributed by atoms with Gasteiger partial charge in [0.25, 0.3) is 0 Å². The molecule has 0 saturated heterocycles. The largest absolute Gasteiger partial charge is 0.507 e. The SMILES string of the molecule is Cc1c(O)c(O)c(O)c(C(C)(C)C)c1O. The van der Waals surface area contributed by atoms with Gasteiger partial charge < -0.3 is 20.4 Å². The van der Waals surface area contributed by atoms with Crippen LogP contribution in [0.2, 0.25) is 0 Å². The predicted molar refractivity (Wildman–Crippen MR) is 56.5 cm³/mol. The van der Waals surface area contributed by atoms with Gasteiger partial charge in [0.15, 0.2) is 11.5 Å². The Morgan fingerprint density at radius 2 is 1.20 bits per heavy atom. The molecule has 0 saturated carbocycles. The summed E-state index contributed by atoms with van der Waals surface area (Å²) in [5.41, 5.74) is -0.130. The molecule has 15 heavy (non-hydrogen) atoms. The third-order valence-corrected chi connectivity index (χ3v) is 2.38. The van der Waals surface area contributed by atoms with E-state index in [2.05, 4.69) is 0 Å². The zero-order chi connectivity index (χ0) is 12.0. The number of benzene rings is 1. The molecule has 84 valence electrons. The summed E-state index contributed by atoms with van der Waals surface area (Å²) in [6.45, 7) is 6.84. The summed E-state index contributed by atoms with van der Waals surface area (Å²) in [6.07, 6.45) is 0. The molecule has 0 fully saturated rings. The van der Waals surface area contributed by atoms with E-state index < -0.39 is 22.7 Å². The predicted octanol–water partition coefficient (Wildman–Crippen LogP) is 2.11. The Morgan fingerprint density at radius 3 is 1.60 bits per heavy atom. The summed E-state index contributed by atoms with van der Waals surface area (Å²) in [5, 5.41) is 38.3. The minimum atomic E-state index is -0.588. The number of phenolic OH excluding ortho intramolecular Hbond substituents is 4. The second kappa shape index (κ2) is 3.22. The van der Waals surface area contributed by atoms with Crippen molar-refractivity contribution in [3.8, 4) is 23.0 Å². The lowest BCUT2D eigenvalue weighted by Crippen LogP contribution is -2.12. The fraction of sp³-hybridized carbons (Fsp3) is 0.455. The highest BCUT2D eigenvalue weighted by Gasteiger charge is 2.28. The lowest BCUT2D eigenvalue weighted by molar-refractivity contribution is 0.344. The summed E-state index contributed by atoms with van der Waals surface area (Å²) in [7, 11) is 0. The fourth-order valence-corrected chi connectivity index (χ4v) is 1.53. The zero-order valence-corrected chi connectivity index (χ0v) is 9.29. The van der Waals surface area contributed by atoms with Crippen LogP contribution in [0.3, 0.4) is 0 Å². The summed E-state index contributed by atoms with van der Waals surface area (Å²) in [5.74, 6) is -1.73. The standard InChI is InChI=1S/C11H16O4/c1-5-7(12)6(11(2,3)4)9(14)10(15)8(5)13/h12-15H,1-4H3. The van der Waals surface area contributed by atoms with Crippen molar-refractivity contribution >= 4 is 0 Å². The minimum Gasteiger partial charge on any atom is -0.507 e. The van der Waals surface area contributed by atoms with E-state index in [-0.39, 0.29) is 16.9 Å². The van der Waals surface area contributed by atoms with Gasteiger partial charge in [-0.25, -0.2) is 0 Å². The number of aromatic hydroxyl groups is 4. The highest BCUT2D eigenvalue weighted by molar-refractivity contribution is 5.65. The maximum Gasteiger partial charge on any atom is 0.201 e. The Labute approximate surface area is 88.4 Å². The van der Waals surface area contributed by atoms with Crippen molar-refractivity contribution in [3.05, 3.63) is 11.1 Å². The molecule has 0 radical (unpaired) electrons. The van der Waals surface area contributed by atoms with Crippen LogP contribution < -0.4 is 0 Å². The molecule has 0 amide bonds. The van der Waals surface area contributed by atoms with Gasteiger partial charge in [-0.1, -0.05) is 20.8 Å². The molecule has 0 heterocycles. The van der Waals surface area contributed by atoms with E-state index in [9.17, 15) is 20.4 Å². The number of phenols is 4. The maximum atomic E-state index is 9.79. The first-order valence-electron chi connectivity index (χ1n) is 4.64. The van der Waals surface area contributed by atoms with Gasteiger partial charge >= 0.3 is 0 Å². The van der Waals surface area contributed by atoms with E-state index in [0.717, 1.165) is 0 Å². The van der Waals surface area contributed by atoms with Crippen LogP contribution >= 0.6 is 0 Å². The topological polar surface area (TPSA) is 80.9 Å². The van der Waals surface area contributed by atoms with Crippen molar-refractivity contribution in [1.82, 2.24) is 0 Å². The van der Waals surface area contributed by atoms with Crippen LogP contribution in [0.25, 0.3) is 0 Å². The van der Waals surface area contributed by atoms with Crippen LogP contribution in [0.5, 0.6) is 23.0 Å². The van der Waals surface area contributed by atoms with E-state index in [1.54, 1.807) is 20.8 Å². The zero-order valence-electron chi connectivity index (χ0n) is 9.29. The molecule has 0 aliphatic rings. The van der Waals surface area contributed by atoms with E-state index in [1.807, 2.05) is 0 Å². The number of hydrogen-bond acceptors (Lipinski definition) is 4. The van der Waals surface area contributed by atoms with Crippen LogP contribution in [-0.2, 0) is 5.41 Å². The van der Waals surface area contributed by atoms with Crippen molar-refractivity contribution < 1.29 is 20.4 Å². The van der Waals surface area contributed by atoms with E-state index in [0.29, 0.717) is 0 Å². The minimum absolute atomic E-state index is 0.162. The van der Waals surface area contributed by atoms with Gasteiger partial charge in [0.1, 0.15) is 5.75 Å². The Hall–Kier alpha value is -1.58. The Bertz CT molecular complexity index is 373. The molecule has 1 aromatic carbocycles. The molecule has 4 heteroatoms. The van der Waals surface area contributed by atoms with Crippen LogP contribution in [-0.4, -0.2) is 20.4 Å². The molecule has 0 aliphatic carbocycles. The molecule has 1 rings (SSSR count). The average Bonchev–Trinajstić information content (AvgIpc) is 2.09. The van der Waals surface area contributed by atoms with Gasteiger partial charge in [-0.3, -0.25) is 0 Å². The van der Waals surface area contributed by atoms with Gasteiger partial charge in [0, 0.05) is 11.1 Å². The molecular formula is C11H16O4. The monoisotopic (exact) mass is 212 g/mol. The quantitative estimate of drug-likeness (QED) is 0.392. The lowest BCUT2D eigenvalue weighted by atomic mass is 9.84. The molecule has 0 spiro atoms. The summed E-state index contributed by atoms with van der Waals surface area (Å²) >= 11 is 0. The van der Waals surface area contributed by atoms with Crippen molar-refractivity contribution in [3.63, 3.8) is 0 Å². The normalized spacial score (nSPS) is 11.7. The van der Waals surface area contributed by atoms with Crippen molar-refractivity contribution in [2.24, 2.45) is 0 Å². The molecule has 4 N–H and O–H groups in total.